The number of ether oxygens (including phenoxy) is 1. The van der Waals surface area contributed by atoms with E-state index in [0.29, 0.717) is 33.5 Å². The van der Waals surface area contributed by atoms with Crippen molar-refractivity contribution in [2.24, 2.45) is 0 Å². The van der Waals surface area contributed by atoms with Gasteiger partial charge in [0.15, 0.2) is 0 Å². The van der Waals surface area contributed by atoms with Crippen molar-refractivity contribution in [1.29, 1.82) is 0 Å². The molecule has 0 aliphatic heterocycles. The summed E-state index contributed by atoms with van der Waals surface area (Å²) >= 11 is 0. The summed E-state index contributed by atoms with van der Waals surface area (Å²) in [5, 5.41) is 2.74. The van der Waals surface area contributed by atoms with Crippen LogP contribution >= 0.6 is 0 Å². The summed E-state index contributed by atoms with van der Waals surface area (Å²) in [4.78, 5) is 31.3. The zero-order valence-electron chi connectivity index (χ0n) is 12.1. The highest BCUT2D eigenvalue weighted by molar-refractivity contribution is 6.00. The fraction of sp³-hybridized carbons (Fsp3) is 0.125. The van der Waals surface area contributed by atoms with Crippen molar-refractivity contribution in [3.63, 3.8) is 0 Å². The van der Waals surface area contributed by atoms with Gasteiger partial charge in [0, 0.05) is 19.9 Å². The number of hydrogen-bond donors (Lipinski definition) is 1. The van der Waals surface area contributed by atoms with Crippen LogP contribution in [0.4, 0.5) is 5.69 Å². The van der Waals surface area contributed by atoms with Crippen LogP contribution in [0.1, 0.15) is 13.8 Å². The van der Waals surface area contributed by atoms with Crippen molar-refractivity contribution in [3.8, 4) is 5.75 Å². The minimum atomic E-state index is -0.388. The van der Waals surface area contributed by atoms with Gasteiger partial charge in [0.05, 0.1) is 22.2 Å². The molecule has 0 fully saturated rings. The molecule has 1 amide bonds. The number of para-hydroxylation sites is 1. The molecule has 0 aliphatic rings. The molecule has 22 heavy (non-hydrogen) atoms. The van der Waals surface area contributed by atoms with E-state index in [2.05, 4.69) is 15.3 Å². The number of carbonyl (C=O) groups is 2. The molecule has 1 aromatic heterocycles. The minimum Gasteiger partial charge on any atom is -0.427 e. The predicted molar refractivity (Wildman–Crippen MR) is 82.7 cm³/mol. The highest BCUT2D eigenvalue weighted by atomic mass is 16.5. The van der Waals surface area contributed by atoms with Gasteiger partial charge in [-0.3, -0.25) is 9.59 Å². The Balaban J connectivity index is 2.17. The van der Waals surface area contributed by atoms with E-state index in [1.54, 1.807) is 30.3 Å². The molecule has 0 saturated carbocycles. The number of aromatic nitrogens is 2. The molecule has 0 spiro atoms. The molecule has 0 saturated heterocycles. The Kier molecular flexibility index (Phi) is 3.42. The van der Waals surface area contributed by atoms with Crippen molar-refractivity contribution < 1.29 is 14.3 Å². The molecule has 0 unspecified atom stereocenters. The maximum absolute atomic E-state index is 11.3. The van der Waals surface area contributed by atoms with Gasteiger partial charge in [-0.1, -0.05) is 6.07 Å². The largest absolute Gasteiger partial charge is 0.427 e. The van der Waals surface area contributed by atoms with Gasteiger partial charge < -0.3 is 10.1 Å². The van der Waals surface area contributed by atoms with E-state index in [4.69, 9.17) is 4.74 Å². The third kappa shape index (κ3) is 2.71. The van der Waals surface area contributed by atoms with Gasteiger partial charge in [0.25, 0.3) is 0 Å². The van der Waals surface area contributed by atoms with Crippen LogP contribution in [0.25, 0.3) is 22.1 Å². The van der Waals surface area contributed by atoms with Crippen LogP contribution in [-0.2, 0) is 9.59 Å². The van der Waals surface area contributed by atoms with Gasteiger partial charge in [-0.25, -0.2) is 9.97 Å². The maximum atomic E-state index is 11.3. The number of nitrogens with zero attached hydrogens (tertiary/aromatic N) is 2. The first-order valence-corrected chi connectivity index (χ1v) is 6.69. The number of nitrogens with one attached hydrogen (secondary N) is 1. The molecule has 0 aliphatic carbocycles. The normalized spacial score (nSPS) is 10.6. The van der Waals surface area contributed by atoms with Crippen molar-refractivity contribution >= 4 is 39.6 Å². The molecule has 2 aromatic carbocycles. The second kappa shape index (κ2) is 5.40. The van der Waals surface area contributed by atoms with Crippen molar-refractivity contribution in [3.05, 3.63) is 36.4 Å². The number of carbonyl (C=O) groups excluding carboxylic acids is 2. The van der Waals surface area contributed by atoms with Crippen LogP contribution in [0.15, 0.2) is 36.4 Å². The Morgan fingerprint density at radius 1 is 1.00 bits per heavy atom. The van der Waals surface area contributed by atoms with Crippen LogP contribution in [0, 0.1) is 0 Å². The lowest BCUT2D eigenvalue weighted by Crippen LogP contribution is -2.07. The zero-order valence-corrected chi connectivity index (χ0v) is 12.1. The molecule has 110 valence electrons. The molecule has 0 atom stereocenters. The van der Waals surface area contributed by atoms with Gasteiger partial charge in [-0.15, -0.1) is 0 Å². The summed E-state index contributed by atoms with van der Waals surface area (Å²) in [5.74, 6) is -0.132. The highest BCUT2D eigenvalue weighted by Crippen LogP contribution is 2.25. The summed E-state index contributed by atoms with van der Waals surface area (Å²) in [5.41, 5.74) is 3.15. The monoisotopic (exact) mass is 295 g/mol. The second-order valence-corrected chi connectivity index (χ2v) is 4.82. The fourth-order valence-corrected chi connectivity index (χ4v) is 2.20. The van der Waals surface area contributed by atoms with E-state index in [0.717, 1.165) is 0 Å². The summed E-state index contributed by atoms with van der Waals surface area (Å²) < 4.78 is 5.05. The van der Waals surface area contributed by atoms with E-state index in [1.807, 2.05) is 6.07 Å². The maximum Gasteiger partial charge on any atom is 0.308 e. The number of esters is 1. The third-order valence-corrected chi connectivity index (χ3v) is 3.01. The Morgan fingerprint density at radius 3 is 2.55 bits per heavy atom. The quantitative estimate of drug-likeness (QED) is 0.446. The van der Waals surface area contributed by atoms with Gasteiger partial charge in [-0.05, 0) is 24.3 Å². The topological polar surface area (TPSA) is 81.2 Å². The molecule has 6 nitrogen and oxygen atoms in total. The van der Waals surface area contributed by atoms with Crippen molar-refractivity contribution in [2.45, 2.75) is 13.8 Å². The number of hydrogen-bond acceptors (Lipinski definition) is 5. The molecule has 6 heteroatoms. The Morgan fingerprint density at radius 2 is 1.82 bits per heavy atom. The smallest absolute Gasteiger partial charge is 0.308 e. The summed E-state index contributed by atoms with van der Waals surface area (Å²) in [6, 6.07) is 10.4. The Labute approximate surface area is 126 Å². The number of benzene rings is 2. The van der Waals surface area contributed by atoms with Crippen molar-refractivity contribution in [2.75, 3.05) is 5.32 Å². The van der Waals surface area contributed by atoms with Crippen LogP contribution in [0.5, 0.6) is 5.75 Å². The lowest BCUT2D eigenvalue weighted by Gasteiger charge is -2.08. The lowest BCUT2D eigenvalue weighted by atomic mass is 10.2. The fourth-order valence-electron chi connectivity index (χ4n) is 2.20. The van der Waals surface area contributed by atoms with Crippen LogP contribution < -0.4 is 10.1 Å². The van der Waals surface area contributed by atoms with Gasteiger partial charge in [-0.2, -0.15) is 0 Å². The molecule has 1 heterocycles. The highest BCUT2D eigenvalue weighted by Gasteiger charge is 2.08. The molecule has 0 radical (unpaired) electrons. The van der Waals surface area contributed by atoms with E-state index in [1.165, 1.54) is 13.8 Å². The summed E-state index contributed by atoms with van der Waals surface area (Å²) in [6.45, 7) is 2.79. The average molecular weight is 295 g/mol. The molecule has 0 bridgehead atoms. The van der Waals surface area contributed by atoms with E-state index < -0.39 is 0 Å². The molecular formula is C16H13N3O3. The lowest BCUT2D eigenvalue weighted by molar-refractivity contribution is -0.131. The second-order valence-electron chi connectivity index (χ2n) is 4.82. The summed E-state index contributed by atoms with van der Waals surface area (Å²) in [6.07, 6.45) is 0. The van der Waals surface area contributed by atoms with Crippen LogP contribution in [0.2, 0.25) is 0 Å². The van der Waals surface area contributed by atoms with Gasteiger partial charge in [0.2, 0.25) is 5.91 Å². The number of fused-ring (bicyclic) bond motifs is 2. The molecule has 3 rings (SSSR count). The van der Waals surface area contributed by atoms with Crippen LogP contribution in [-0.4, -0.2) is 21.8 Å². The first-order chi connectivity index (χ1) is 10.5. The first-order valence-electron chi connectivity index (χ1n) is 6.69. The zero-order chi connectivity index (χ0) is 15.7. The Bertz CT molecular complexity index is 905. The van der Waals surface area contributed by atoms with E-state index in [-0.39, 0.29) is 11.9 Å². The van der Waals surface area contributed by atoms with Gasteiger partial charge in [0.1, 0.15) is 11.3 Å². The number of anilines is 1. The Hall–Kier alpha value is -3.02. The molecule has 1 N–H and O–H groups in total. The SMILES string of the molecule is CC(=O)Nc1cccc2nc3cc(OC(C)=O)ccc3nc12. The van der Waals surface area contributed by atoms with E-state index >= 15 is 0 Å². The van der Waals surface area contributed by atoms with Gasteiger partial charge >= 0.3 is 5.97 Å². The van der Waals surface area contributed by atoms with Crippen LogP contribution in [0.3, 0.4) is 0 Å². The number of rotatable bonds is 2. The molecule has 3 aromatic rings. The average Bonchev–Trinajstić information content (AvgIpc) is 2.44. The standard InChI is InChI=1S/C16H13N3O3/c1-9(20)17-13-4-3-5-14-16(13)19-12-7-6-11(22-10(2)21)8-15(12)18-14/h3-8H,1-2H3,(H,17,20). The first kappa shape index (κ1) is 13.9. The van der Waals surface area contributed by atoms with E-state index in [9.17, 15) is 9.59 Å². The minimum absolute atomic E-state index is 0.167. The van der Waals surface area contributed by atoms with Crippen molar-refractivity contribution in [1.82, 2.24) is 9.97 Å². The number of amides is 1. The third-order valence-electron chi connectivity index (χ3n) is 3.01. The molecular weight excluding hydrogens is 282 g/mol. The summed E-state index contributed by atoms with van der Waals surface area (Å²) in [7, 11) is 0. The predicted octanol–water partition coefficient (Wildman–Crippen LogP) is 2.67.